The second-order valence-corrected chi connectivity index (χ2v) is 3.87. The largest absolute Gasteiger partial charge is 0.348 e. The standard InChI is InChI=1S/C12H12ClNO2/c13-11-6-7-14(15)12(8-11)16-9-10-4-2-1-3-5-10/h1-8,12,15H,9H2. The average Bonchev–Trinajstić information content (AvgIpc) is 2.32. The number of halogens is 1. The van der Waals surface area contributed by atoms with Gasteiger partial charge in [-0.15, -0.1) is 0 Å². The summed E-state index contributed by atoms with van der Waals surface area (Å²) >= 11 is 5.81. The van der Waals surface area contributed by atoms with Gasteiger partial charge in [0, 0.05) is 11.2 Å². The monoisotopic (exact) mass is 237 g/mol. The molecule has 1 atom stereocenters. The fourth-order valence-corrected chi connectivity index (χ4v) is 1.54. The fourth-order valence-electron chi connectivity index (χ4n) is 1.38. The maximum atomic E-state index is 9.48. The van der Waals surface area contributed by atoms with Crippen LogP contribution in [-0.2, 0) is 11.3 Å². The van der Waals surface area contributed by atoms with Gasteiger partial charge in [0.25, 0.3) is 0 Å². The van der Waals surface area contributed by atoms with Crippen LogP contribution in [0.2, 0.25) is 0 Å². The van der Waals surface area contributed by atoms with Crippen LogP contribution in [0.4, 0.5) is 0 Å². The van der Waals surface area contributed by atoms with Gasteiger partial charge in [-0.3, -0.25) is 5.21 Å². The molecule has 16 heavy (non-hydrogen) atoms. The summed E-state index contributed by atoms with van der Waals surface area (Å²) in [6.07, 6.45) is 4.18. The molecule has 1 aliphatic rings. The molecule has 1 aliphatic heterocycles. The lowest BCUT2D eigenvalue weighted by Crippen LogP contribution is -2.30. The summed E-state index contributed by atoms with van der Waals surface area (Å²) in [5.74, 6) is 0. The first-order chi connectivity index (χ1) is 7.75. The third kappa shape index (κ3) is 2.85. The first kappa shape index (κ1) is 11.2. The molecule has 1 heterocycles. The number of rotatable bonds is 3. The van der Waals surface area contributed by atoms with Gasteiger partial charge in [0.2, 0.25) is 0 Å². The Bertz CT molecular complexity index is 403. The molecule has 0 spiro atoms. The highest BCUT2D eigenvalue weighted by molar-refractivity contribution is 6.31. The first-order valence-electron chi connectivity index (χ1n) is 4.94. The highest BCUT2D eigenvalue weighted by Gasteiger charge is 2.15. The maximum Gasteiger partial charge on any atom is 0.174 e. The fraction of sp³-hybridized carbons (Fsp3) is 0.167. The predicted octanol–water partition coefficient (Wildman–Crippen LogP) is 2.87. The van der Waals surface area contributed by atoms with Crippen LogP contribution in [0.25, 0.3) is 0 Å². The van der Waals surface area contributed by atoms with Gasteiger partial charge < -0.3 is 4.74 Å². The van der Waals surface area contributed by atoms with Crippen molar-refractivity contribution >= 4 is 11.6 Å². The van der Waals surface area contributed by atoms with Crippen molar-refractivity contribution in [1.29, 1.82) is 0 Å². The molecule has 2 rings (SSSR count). The summed E-state index contributed by atoms with van der Waals surface area (Å²) in [5, 5.41) is 11.0. The highest BCUT2D eigenvalue weighted by Crippen LogP contribution is 2.16. The van der Waals surface area contributed by atoms with Crippen molar-refractivity contribution in [2.24, 2.45) is 0 Å². The van der Waals surface area contributed by atoms with Crippen LogP contribution in [0.1, 0.15) is 5.56 Å². The Morgan fingerprint density at radius 2 is 2.06 bits per heavy atom. The molecule has 0 fully saturated rings. The Kier molecular flexibility index (Phi) is 3.62. The normalized spacial score (nSPS) is 19.8. The third-order valence-electron chi connectivity index (χ3n) is 2.21. The lowest BCUT2D eigenvalue weighted by atomic mass is 10.2. The Labute approximate surface area is 99.2 Å². The highest BCUT2D eigenvalue weighted by atomic mass is 35.5. The molecule has 0 saturated carbocycles. The van der Waals surface area contributed by atoms with E-state index < -0.39 is 6.23 Å². The van der Waals surface area contributed by atoms with E-state index in [4.69, 9.17) is 16.3 Å². The number of nitrogens with zero attached hydrogens (tertiary/aromatic N) is 1. The molecule has 1 unspecified atom stereocenters. The lowest BCUT2D eigenvalue weighted by molar-refractivity contribution is -0.167. The Hall–Kier alpha value is -1.29. The Morgan fingerprint density at radius 1 is 1.31 bits per heavy atom. The van der Waals surface area contributed by atoms with Gasteiger partial charge in [0.05, 0.1) is 6.61 Å². The van der Waals surface area contributed by atoms with E-state index in [2.05, 4.69) is 0 Å². The summed E-state index contributed by atoms with van der Waals surface area (Å²) in [6.45, 7) is 0.428. The molecule has 0 aromatic heterocycles. The summed E-state index contributed by atoms with van der Waals surface area (Å²) in [6, 6.07) is 9.76. The molecule has 0 bridgehead atoms. The van der Waals surface area contributed by atoms with Gasteiger partial charge in [-0.05, 0) is 17.7 Å². The van der Waals surface area contributed by atoms with Crippen LogP contribution in [0.5, 0.6) is 0 Å². The van der Waals surface area contributed by atoms with Crippen molar-refractivity contribution < 1.29 is 9.94 Å². The van der Waals surface area contributed by atoms with Crippen molar-refractivity contribution in [3.8, 4) is 0 Å². The molecule has 0 aliphatic carbocycles. The summed E-state index contributed by atoms with van der Waals surface area (Å²) in [7, 11) is 0. The number of ether oxygens (including phenoxy) is 1. The van der Waals surface area contributed by atoms with E-state index in [1.807, 2.05) is 30.3 Å². The third-order valence-corrected chi connectivity index (χ3v) is 2.46. The molecule has 1 N–H and O–H groups in total. The number of hydrogen-bond acceptors (Lipinski definition) is 3. The zero-order valence-corrected chi connectivity index (χ0v) is 9.34. The maximum absolute atomic E-state index is 9.48. The van der Waals surface area contributed by atoms with Crippen molar-refractivity contribution in [2.45, 2.75) is 12.8 Å². The Morgan fingerprint density at radius 3 is 2.81 bits per heavy atom. The molecule has 0 radical (unpaired) electrons. The second kappa shape index (κ2) is 5.16. The van der Waals surface area contributed by atoms with Crippen molar-refractivity contribution in [1.82, 2.24) is 5.06 Å². The summed E-state index contributed by atoms with van der Waals surface area (Å²) in [4.78, 5) is 0. The zero-order chi connectivity index (χ0) is 11.4. The average molecular weight is 238 g/mol. The van der Waals surface area contributed by atoms with Gasteiger partial charge >= 0.3 is 0 Å². The van der Waals surface area contributed by atoms with Crippen LogP contribution >= 0.6 is 11.6 Å². The SMILES string of the molecule is ON1C=CC(Cl)=CC1OCc1ccccc1. The lowest BCUT2D eigenvalue weighted by Gasteiger charge is -2.24. The van der Waals surface area contributed by atoms with Crippen LogP contribution in [0.15, 0.2) is 53.7 Å². The predicted molar refractivity (Wildman–Crippen MR) is 61.7 cm³/mol. The van der Waals surface area contributed by atoms with E-state index >= 15 is 0 Å². The minimum absolute atomic E-state index is 0.428. The molecule has 1 aromatic rings. The van der Waals surface area contributed by atoms with Crippen molar-refractivity contribution in [3.05, 3.63) is 59.3 Å². The van der Waals surface area contributed by atoms with Crippen molar-refractivity contribution in [3.63, 3.8) is 0 Å². The van der Waals surface area contributed by atoms with Crippen LogP contribution < -0.4 is 0 Å². The molecule has 4 heteroatoms. The van der Waals surface area contributed by atoms with E-state index in [-0.39, 0.29) is 0 Å². The smallest absolute Gasteiger partial charge is 0.174 e. The van der Waals surface area contributed by atoms with Gasteiger partial charge in [-0.2, -0.15) is 0 Å². The number of hydrogen-bond donors (Lipinski definition) is 1. The minimum atomic E-state index is -0.530. The van der Waals surface area contributed by atoms with E-state index in [0.29, 0.717) is 11.6 Å². The number of hydroxylamine groups is 2. The van der Waals surface area contributed by atoms with E-state index in [0.717, 1.165) is 10.6 Å². The molecule has 3 nitrogen and oxygen atoms in total. The number of allylic oxidation sites excluding steroid dienone is 2. The summed E-state index contributed by atoms with van der Waals surface area (Å²) < 4.78 is 5.52. The van der Waals surface area contributed by atoms with Gasteiger partial charge in [-0.1, -0.05) is 41.9 Å². The van der Waals surface area contributed by atoms with Crippen LogP contribution in [-0.4, -0.2) is 16.5 Å². The quantitative estimate of drug-likeness (QED) is 0.878. The minimum Gasteiger partial charge on any atom is -0.348 e. The van der Waals surface area contributed by atoms with E-state index in [9.17, 15) is 5.21 Å². The molecule has 1 aromatic carbocycles. The molecule has 0 amide bonds. The van der Waals surface area contributed by atoms with Crippen LogP contribution in [0, 0.1) is 0 Å². The van der Waals surface area contributed by atoms with Crippen molar-refractivity contribution in [2.75, 3.05) is 0 Å². The molecular formula is C12H12ClNO2. The topological polar surface area (TPSA) is 32.7 Å². The number of benzene rings is 1. The van der Waals surface area contributed by atoms with E-state index in [1.54, 1.807) is 12.2 Å². The molecule has 84 valence electrons. The van der Waals surface area contributed by atoms with Gasteiger partial charge in [-0.25, -0.2) is 5.06 Å². The Balaban J connectivity index is 1.93. The van der Waals surface area contributed by atoms with Gasteiger partial charge in [0.1, 0.15) is 0 Å². The first-order valence-corrected chi connectivity index (χ1v) is 5.32. The molecule has 0 saturated heterocycles. The zero-order valence-electron chi connectivity index (χ0n) is 8.58. The van der Waals surface area contributed by atoms with Gasteiger partial charge in [0.15, 0.2) is 6.23 Å². The van der Waals surface area contributed by atoms with E-state index in [1.165, 1.54) is 6.20 Å². The second-order valence-electron chi connectivity index (χ2n) is 3.43. The molecular weight excluding hydrogens is 226 g/mol. The van der Waals surface area contributed by atoms with Crippen LogP contribution in [0.3, 0.4) is 0 Å². The summed E-state index contributed by atoms with van der Waals surface area (Å²) in [5.41, 5.74) is 1.05.